The molecule has 1 atom stereocenters. The zero-order valence-electron chi connectivity index (χ0n) is 16.1. The molecule has 0 saturated heterocycles. The van der Waals surface area contributed by atoms with Crippen LogP contribution in [-0.4, -0.2) is 38.5 Å². The number of rotatable bonds is 10. The van der Waals surface area contributed by atoms with Gasteiger partial charge in [-0.15, -0.1) is 11.8 Å². The number of unbranched alkanes of at least 4 members (excludes halogenated alkanes) is 1. The minimum atomic E-state index is -0.0954. The van der Waals surface area contributed by atoms with Gasteiger partial charge < -0.3 is 14.4 Å². The van der Waals surface area contributed by atoms with Gasteiger partial charge in [0.05, 0.1) is 25.3 Å². The molecule has 1 aliphatic heterocycles. The van der Waals surface area contributed by atoms with Gasteiger partial charge in [0.15, 0.2) is 0 Å². The molecule has 0 bridgehead atoms. The number of benzene rings is 1. The average molecular weight is 444 g/mol. The van der Waals surface area contributed by atoms with E-state index in [9.17, 15) is 4.79 Å². The van der Waals surface area contributed by atoms with E-state index in [4.69, 9.17) is 9.47 Å². The van der Waals surface area contributed by atoms with Crippen LogP contribution < -0.4 is 9.64 Å². The Morgan fingerprint density at radius 2 is 2.23 bits per heavy atom. The Hall–Kier alpha value is -0.880. The smallest absolute Gasteiger partial charge is 0.306 e. The van der Waals surface area contributed by atoms with Gasteiger partial charge in [-0.3, -0.25) is 4.79 Å². The van der Waals surface area contributed by atoms with E-state index < -0.39 is 0 Å². The molecule has 0 aliphatic carbocycles. The van der Waals surface area contributed by atoms with E-state index in [1.807, 2.05) is 6.07 Å². The van der Waals surface area contributed by atoms with E-state index in [1.165, 1.54) is 12.8 Å². The number of anilines is 1. The second-order valence-electron chi connectivity index (χ2n) is 6.72. The minimum absolute atomic E-state index is 0.0954. The summed E-state index contributed by atoms with van der Waals surface area (Å²) in [7, 11) is 2.07. The van der Waals surface area contributed by atoms with Crippen LogP contribution in [0, 0.1) is 5.92 Å². The number of hydrogen-bond donors (Lipinski definition) is 0. The molecular formula is C20H30BrNO3S. The lowest BCUT2D eigenvalue weighted by Crippen LogP contribution is -2.28. The lowest BCUT2D eigenvalue weighted by molar-refractivity contribution is -0.144. The molecule has 1 aliphatic rings. The normalized spacial score (nSPS) is 14.5. The number of halogens is 1. The van der Waals surface area contributed by atoms with Gasteiger partial charge >= 0.3 is 5.97 Å². The van der Waals surface area contributed by atoms with Gasteiger partial charge in [-0.1, -0.05) is 33.1 Å². The van der Waals surface area contributed by atoms with Gasteiger partial charge in [0.25, 0.3) is 0 Å². The summed E-state index contributed by atoms with van der Waals surface area (Å²) >= 11 is 5.28. The van der Waals surface area contributed by atoms with Crippen LogP contribution in [0.3, 0.4) is 0 Å². The standard InChI is InChI=1S/C20H30BrNO3S/c1-4-6-7-15(5-2)14-25-20(23)8-11-26-19-13-17-18(12-16(19)21)24-10-9-22(17)3/h12-13,15H,4-11,14H2,1-3H3. The summed E-state index contributed by atoms with van der Waals surface area (Å²) in [6.07, 6.45) is 5.05. The molecule has 0 aromatic heterocycles. The molecular weight excluding hydrogens is 414 g/mol. The van der Waals surface area contributed by atoms with E-state index >= 15 is 0 Å². The van der Waals surface area contributed by atoms with Crippen molar-refractivity contribution in [2.45, 2.75) is 50.8 Å². The summed E-state index contributed by atoms with van der Waals surface area (Å²) in [4.78, 5) is 15.3. The monoisotopic (exact) mass is 443 g/mol. The van der Waals surface area contributed by atoms with E-state index in [1.54, 1.807) is 11.8 Å². The van der Waals surface area contributed by atoms with E-state index in [-0.39, 0.29) is 5.97 Å². The van der Waals surface area contributed by atoms with Crippen LogP contribution in [0.2, 0.25) is 0 Å². The fourth-order valence-electron chi connectivity index (χ4n) is 2.89. The number of hydrogen-bond acceptors (Lipinski definition) is 5. The van der Waals surface area contributed by atoms with E-state index in [0.717, 1.165) is 40.2 Å². The molecule has 1 unspecified atom stereocenters. The van der Waals surface area contributed by atoms with Gasteiger partial charge in [-0.25, -0.2) is 0 Å². The molecule has 0 fully saturated rings. The molecule has 26 heavy (non-hydrogen) atoms. The van der Waals surface area contributed by atoms with Crippen molar-refractivity contribution in [3.05, 3.63) is 16.6 Å². The molecule has 1 aromatic carbocycles. The second kappa shape index (κ2) is 11.1. The first-order chi connectivity index (χ1) is 12.5. The van der Waals surface area contributed by atoms with Gasteiger partial charge in [0, 0.05) is 22.2 Å². The molecule has 0 N–H and O–H groups in total. The molecule has 1 heterocycles. The maximum absolute atomic E-state index is 12.0. The maximum Gasteiger partial charge on any atom is 0.306 e. The Morgan fingerprint density at radius 1 is 1.42 bits per heavy atom. The first-order valence-corrected chi connectivity index (χ1v) is 11.3. The van der Waals surface area contributed by atoms with Gasteiger partial charge in [-0.05, 0) is 40.4 Å². The Kier molecular flexibility index (Phi) is 9.12. The number of ether oxygens (including phenoxy) is 2. The SMILES string of the molecule is CCCCC(CC)COC(=O)CCSc1cc2c(cc1Br)OCCN2C. The van der Waals surface area contributed by atoms with Gasteiger partial charge in [-0.2, -0.15) is 0 Å². The van der Waals surface area contributed by atoms with Crippen LogP contribution in [0.25, 0.3) is 0 Å². The van der Waals surface area contributed by atoms with Crippen LogP contribution in [0.4, 0.5) is 5.69 Å². The number of carbonyl (C=O) groups excluding carboxylic acids is 1. The molecule has 0 radical (unpaired) electrons. The summed E-state index contributed by atoms with van der Waals surface area (Å²) in [5.41, 5.74) is 1.10. The molecule has 1 aromatic rings. The van der Waals surface area contributed by atoms with Crippen molar-refractivity contribution in [1.82, 2.24) is 0 Å². The lowest BCUT2D eigenvalue weighted by Gasteiger charge is -2.28. The summed E-state index contributed by atoms with van der Waals surface area (Å²) in [5, 5.41) is 0. The topological polar surface area (TPSA) is 38.8 Å². The van der Waals surface area contributed by atoms with Gasteiger partial charge in [0.2, 0.25) is 0 Å². The first-order valence-electron chi connectivity index (χ1n) is 9.51. The van der Waals surface area contributed by atoms with E-state index in [2.05, 4.69) is 47.8 Å². The average Bonchev–Trinajstić information content (AvgIpc) is 2.63. The second-order valence-corrected chi connectivity index (χ2v) is 8.71. The highest BCUT2D eigenvalue weighted by atomic mass is 79.9. The van der Waals surface area contributed by atoms with Crippen LogP contribution in [0.15, 0.2) is 21.5 Å². The molecule has 2 rings (SSSR count). The third-order valence-electron chi connectivity index (χ3n) is 4.70. The third-order valence-corrected chi connectivity index (χ3v) is 6.67. The highest BCUT2D eigenvalue weighted by molar-refractivity contribution is 9.10. The Labute approximate surface area is 170 Å². The van der Waals surface area contributed by atoms with Crippen LogP contribution >= 0.6 is 27.7 Å². The fraction of sp³-hybridized carbons (Fsp3) is 0.650. The number of esters is 1. The largest absolute Gasteiger partial charge is 0.490 e. The van der Waals surface area contributed by atoms with Crippen LogP contribution in [-0.2, 0) is 9.53 Å². The van der Waals surface area contributed by atoms with Crippen molar-refractivity contribution in [3.63, 3.8) is 0 Å². The molecule has 146 valence electrons. The predicted octanol–water partition coefficient (Wildman–Crippen LogP) is 5.52. The molecule has 6 heteroatoms. The van der Waals surface area contributed by atoms with Crippen molar-refractivity contribution in [3.8, 4) is 5.75 Å². The van der Waals surface area contributed by atoms with Crippen LogP contribution in [0.5, 0.6) is 5.75 Å². The zero-order chi connectivity index (χ0) is 18.9. The molecule has 0 spiro atoms. The number of nitrogens with zero attached hydrogens (tertiary/aromatic N) is 1. The van der Waals surface area contributed by atoms with Crippen LogP contribution in [0.1, 0.15) is 46.0 Å². The highest BCUT2D eigenvalue weighted by Gasteiger charge is 2.18. The zero-order valence-corrected chi connectivity index (χ0v) is 18.5. The van der Waals surface area contributed by atoms with Crippen molar-refractivity contribution in [2.24, 2.45) is 5.92 Å². The van der Waals surface area contributed by atoms with Crippen molar-refractivity contribution in [1.29, 1.82) is 0 Å². The lowest BCUT2D eigenvalue weighted by atomic mass is 10.0. The van der Waals surface area contributed by atoms with Crippen molar-refractivity contribution >= 4 is 39.3 Å². The molecule has 0 saturated carbocycles. The van der Waals surface area contributed by atoms with Crippen molar-refractivity contribution in [2.75, 3.05) is 37.5 Å². The Balaban J connectivity index is 1.78. The minimum Gasteiger partial charge on any atom is -0.490 e. The fourth-order valence-corrected chi connectivity index (χ4v) is 4.43. The molecule has 0 amide bonds. The summed E-state index contributed by atoms with van der Waals surface area (Å²) in [5.74, 6) is 2.03. The number of likely N-dealkylation sites (N-methyl/N-ethyl adjacent to an activating group) is 1. The van der Waals surface area contributed by atoms with E-state index in [0.29, 0.717) is 31.3 Å². The number of fused-ring (bicyclic) bond motifs is 1. The quantitative estimate of drug-likeness (QED) is 0.351. The molecule has 4 nitrogen and oxygen atoms in total. The summed E-state index contributed by atoms with van der Waals surface area (Å²) < 4.78 is 12.2. The number of thioether (sulfide) groups is 1. The highest BCUT2D eigenvalue weighted by Crippen LogP contribution is 2.40. The Bertz CT molecular complexity index is 597. The first kappa shape index (κ1) is 21.4. The summed E-state index contributed by atoms with van der Waals surface area (Å²) in [6.45, 7) is 6.52. The summed E-state index contributed by atoms with van der Waals surface area (Å²) in [6, 6.07) is 4.15. The maximum atomic E-state index is 12.0. The Morgan fingerprint density at radius 3 is 2.96 bits per heavy atom. The third kappa shape index (κ3) is 6.38. The van der Waals surface area contributed by atoms with Crippen molar-refractivity contribution < 1.29 is 14.3 Å². The predicted molar refractivity (Wildman–Crippen MR) is 113 cm³/mol. The number of carbonyl (C=O) groups is 1. The van der Waals surface area contributed by atoms with Gasteiger partial charge in [0.1, 0.15) is 12.4 Å².